The third-order valence-electron chi connectivity index (χ3n) is 5.76. The summed E-state index contributed by atoms with van der Waals surface area (Å²) >= 11 is 1.04. The lowest BCUT2D eigenvalue weighted by molar-refractivity contribution is -0.161. The lowest BCUT2D eigenvalue weighted by Gasteiger charge is -2.43. The van der Waals surface area contributed by atoms with Crippen LogP contribution in [0.15, 0.2) is 27.2 Å². The smallest absolute Gasteiger partial charge is 0.362 e. The van der Waals surface area contributed by atoms with E-state index in [1.807, 2.05) is 0 Å². The summed E-state index contributed by atoms with van der Waals surface area (Å²) in [4.78, 5) is 84.1. The van der Waals surface area contributed by atoms with Gasteiger partial charge in [-0.05, 0) is 13.8 Å². The van der Waals surface area contributed by atoms with Gasteiger partial charge in [0, 0.05) is 18.0 Å². The highest BCUT2D eigenvalue weighted by Gasteiger charge is 2.55. The number of β-lactam (4-membered cyclic amide) rings is 1. The number of carbonyl (C=O) groups is 5. The fraction of sp³-hybridized carbons (Fsp3) is 0.429. The van der Waals surface area contributed by atoms with Crippen LogP contribution in [0.5, 0.6) is 5.75 Å². The SMILES string of the molecule is CC(C)(O/N=C(\C(=O)N[C@@H]1C(=O)N(S(=O)(=O)O)[C@@H]1COC(=O)CNC(=O)c1cc(=O)c(O)c[nH]1)C1CSC(N)=N1)C(=O)O. The summed E-state index contributed by atoms with van der Waals surface area (Å²) in [7, 11) is -5.18. The molecule has 2 aliphatic heterocycles. The number of rotatable bonds is 12. The second-order valence-corrected chi connectivity index (χ2v) is 11.6. The highest BCUT2D eigenvalue weighted by Crippen LogP contribution is 2.25. The molecule has 1 unspecified atom stereocenters. The molecule has 0 saturated carbocycles. The second kappa shape index (κ2) is 12.7. The maximum absolute atomic E-state index is 13.1. The van der Waals surface area contributed by atoms with E-state index in [1.54, 1.807) is 0 Å². The Hall–Kier alpha value is -4.70. The molecule has 234 valence electrons. The lowest BCUT2D eigenvalue weighted by Crippen LogP contribution is -2.73. The van der Waals surface area contributed by atoms with Crippen LogP contribution in [0.25, 0.3) is 0 Å². The van der Waals surface area contributed by atoms with Gasteiger partial charge in [0.1, 0.15) is 37.0 Å². The van der Waals surface area contributed by atoms with Crippen molar-refractivity contribution in [1.29, 1.82) is 0 Å². The fourth-order valence-corrected chi connectivity index (χ4v) is 5.03. The van der Waals surface area contributed by atoms with Gasteiger partial charge in [0.05, 0.1) is 0 Å². The molecule has 2 aliphatic rings. The number of amides is 3. The van der Waals surface area contributed by atoms with Gasteiger partial charge in [-0.2, -0.15) is 8.42 Å². The van der Waals surface area contributed by atoms with Gasteiger partial charge in [-0.1, -0.05) is 16.9 Å². The number of carboxylic acid groups (broad SMARTS) is 1. The highest BCUT2D eigenvalue weighted by molar-refractivity contribution is 8.14. The maximum Gasteiger partial charge on any atom is 0.362 e. The van der Waals surface area contributed by atoms with Crippen LogP contribution in [-0.2, 0) is 39.1 Å². The van der Waals surface area contributed by atoms with E-state index in [-0.39, 0.29) is 20.9 Å². The molecule has 43 heavy (non-hydrogen) atoms. The van der Waals surface area contributed by atoms with Crippen molar-refractivity contribution in [2.24, 2.45) is 15.9 Å². The van der Waals surface area contributed by atoms with Gasteiger partial charge in [-0.3, -0.25) is 33.5 Å². The monoisotopic (exact) mass is 647 g/mol. The van der Waals surface area contributed by atoms with Crippen molar-refractivity contribution in [3.05, 3.63) is 28.2 Å². The summed E-state index contributed by atoms with van der Waals surface area (Å²) in [5.74, 6) is -6.51. The zero-order valence-corrected chi connectivity index (χ0v) is 23.8. The van der Waals surface area contributed by atoms with Crippen LogP contribution < -0.4 is 21.8 Å². The number of aliphatic carboxylic acids is 1. The number of esters is 1. The number of hydrogen-bond acceptors (Lipinski definition) is 15. The number of carbonyl (C=O) groups excluding carboxylic acids is 4. The fourth-order valence-electron chi connectivity index (χ4n) is 3.40. The number of nitrogens with two attached hydrogens (primary N) is 1. The minimum Gasteiger partial charge on any atom is -0.503 e. The molecule has 1 aromatic heterocycles. The maximum atomic E-state index is 13.1. The van der Waals surface area contributed by atoms with Crippen LogP contribution in [0, 0.1) is 0 Å². The van der Waals surface area contributed by atoms with Crippen molar-refractivity contribution in [3.8, 4) is 5.75 Å². The number of H-pyrrole nitrogens is 1. The molecule has 3 rings (SSSR count). The first-order chi connectivity index (χ1) is 19.9. The number of aromatic amines is 1. The zero-order valence-electron chi connectivity index (χ0n) is 22.2. The van der Waals surface area contributed by atoms with Crippen LogP contribution in [-0.4, -0.2) is 116 Å². The van der Waals surface area contributed by atoms with Crippen molar-refractivity contribution < 1.29 is 56.7 Å². The number of pyridine rings is 1. The molecule has 0 bridgehead atoms. The Kier molecular flexibility index (Phi) is 9.66. The molecule has 1 fully saturated rings. The van der Waals surface area contributed by atoms with E-state index >= 15 is 0 Å². The molecule has 3 amide bonds. The van der Waals surface area contributed by atoms with Gasteiger partial charge < -0.3 is 41.1 Å². The number of nitrogens with zero attached hydrogens (tertiary/aromatic N) is 3. The standard InChI is InChI=1S/C21H25N7O13S2/c1-21(2,19(35)36)41-27-14(9-7-42-20(22)25-9)17(33)26-15-10(28(18(15)34)43(37,38)39)6-40-13(31)5-24-16(32)8-3-11(29)12(30)4-23-8/h3-4,9-10,15,30H,5-7H2,1-2H3,(H2,22,25)(H,23,29)(H,24,32)(H,26,33)(H,35,36)(H,37,38,39)/b27-14-/t9?,10-,15+/m1/s1. The minimum absolute atomic E-state index is 0.0482. The lowest BCUT2D eigenvalue weighted by atomic mass is 9.99. The average molecular weight is 648 g/mol. The van der Waals surface area contributed by atoms with Gasteiger partial charge in [0.15, 0.2) is 16.6 Å². The molecule has 20 nitrogen and oxygen atoms in total. The van der Waals surface area contributed by atoms with Crippen LogP contribution in [0.3, 0.4) is 0 Å². The summed E-state index contributed by atoms with van der Waals surface area (Å²) in [6.45, 7) is 0.607. The Balaban J connectivity index is 1.71. The molecule has 8 N–H and O–H groups in total. The quantitative estimate of drug-likeness (QED) is 0.0381. The molecule has 1 aromatic rings. The van der Waals surface area contributed by atoms with Crippen LogP contribution >= 0.6 is 11.8 Å². The number of amidine groups is 1. The zero-order chi connectivity index (χ0) is 32.3. The Morgan fingerprint density at radius 3 is 2.53 bits per heavy atom. The van der Waals surface area contributed by atoms with E-state index in [4.69, 9.17) is 15.3 Å². The van der Waals surface area contributed by atoms with E-state index in [0.29, 0.717) is 0 Å². The average Bonchev–Trinajstić information content (AvgIpc) is 3.34. The molecule has 0 aliphatic carbocycles. The number of oxime groups is 1. The topological polar surface area (TPSA) is 310 Å². The summed E-state index contributed by atoms with van der Waals surface area (Å²) in [6, 6.07) is -3.61. The van der Waals surface area contributed by atoms with Crippen LogP contribution in [0.4, 0.5) is 0 Å². The Labute approximate surface area is 245 Å². The minimum atomic E-state index is -5.18. The first kappa shape index (κ1) is 32.8. The second-order valence-electron chi connectivity index (χ2n) is 9.27. The molecule has 3 heterocycles. The first-order valence-electron chi connectivity index (χ1n) is 11.8. The molecular weight excluding hydrogens is 622 g/mol. The van der Waals surface area contributed by atoms with E-state index < -0.39 is 93.7 Å². The first-order valence-corrected chi connectivity index (χ1v) is 14.2. The molecular formula is C21H25N7O13S2. The number of aliphatic imine (C=N–C) groups is 1. The molecule has 0 spiro atoms. The van der Waals surface area contributed by atoms with Gasteiger partial charge in [0.2, 0.25) is 11.0 Å². The molecule has 0 radical (unpaired) electrons. The molecule has 0 aromatic carbocycles. The highest BCUT2D eigenvalue weighted by atomic mass is 32.2. The normalized spacial score (nSPS) is 20.5. The third kappa shape index (κ3) is 7.78. The Morgan fingerprint density at radius 2 is 1.98 bits per heavy atom. The number of hydrogen-bond donors (Lipinski definition) is 7. The molecule has 3 atom stereocenters. The van der Waals surface area contributed by atoms with Crippen molar-refractivity contribution >= 4 is 62.6 Å². The van der Waals surface area contributed by atoms with Gasteiger partial charge in [0.25, 0.3) is 17.7 Å². The van der Waals surface area contributed by atoms with Gasteiger partial charge >= 0.3 is 22.2 Å². The van der Waals surface area contributed by atoms with Gasteiger partial charge in [-0.25, -0.2) is 9.10 Å². The molecule has 1 saturated heterocycles. The number of aromatic hydroxyl groups is 1. The summed E-state index contributed by atoms with van der Waals surface area (Å²) < 4.78 is 37.8. The Bertz CT molecular complexity index is 1570. The van der Waals surface area contributed by atoms with Crippen molar-refractivity contribution in [2.75, 3.05) is 18.9 Å². The number of nitrogens with one attached hydrogen (secondary N) is 3. The number of thioether (sulfide) groups is 1. The van der Waals surface area contributed by atoms with Crippen molar-refractivity contribution in [1.82, 2.24) is 19.9 Å². The summed E-state index contributed by atoms with van der Waals surface area (Å²) in [5, 5.41) is 26.5. The van der Waals surface area contributed by atoms with E-state index in [1.165, 1.54) is 0 Å². The number of ether oxygens (including phenoxy) is 1. The molecule has 22 heteroatoms. The van der Waals surface area contributed by atoms with E-state index in [0.717, 1.165) is 37.9 Å². The third-order valence-corrected chi connectivity index (χ3v) is 7.59. The van der Waals surface area contributed by atoms with Crippen LogP contribution in [0.1, 0.15) is 24.3 Å². The van der Waals surface area contributed by atoms with E-state index in [2.05, 4.69) is 25.8 Å². The Morgan fingerprint density at radius 1 is 1.30 bits per heavy atom. The number of aromatic nitrogens is 1. The van der Waals surface area contributed by atoms with Crippen LogP contribution in [0.2, 0.25) is 0 Å². The van der Waals surface area contributed by atoms with E-state index in [9.17, 15) is 52.0 Å². The predicted molar refractivity (Wildman–Crippen MR) is 144 cm³/mol. The van der Waals surface area contributed by atoms with Crippen molar-refractivity contribution in [3.63, 3.8) is 0 Å². The number of carboxylic acids is 1. The summed E-state index contributed by atoms with van der Waals surface area (Å²) in [6.07, 6.45) is 0.851. The van der Waals surface area contributed by atoms with Crippen molar-refractivity contribution in [2.45, 2.75) is 37.6 Å². The predicted octanol–water partition coefficient (Wildman–Crippen LogP) is -3.48. The largest absolute Gasteiger partial charge is 0.503 e. The summed E-state index contributed by atoms with van der Waals surface area (Å²) in [5.41, 5.74) is 2.07. The van der Waals surface area contributed by atoms with Gasteiger partial charge in [-0.15, -0.1) is 0 Å².